The van der Waals surface area contributed by atoms with Crippen molar-refractivity contribution in [2.75, 3.05) is 11.1 Å². The van der Waals surface area contributed by atoms with E-state index in [0.717, 1.165) is 36.0 Å². The number of aromatic nitrogens is 2. The van der Waals surface area contributed by atoms with Crippen molar-refractivity contribution in [3.05, 3.63) is 70.3 Å². The van der Waals surface area contributed by atoms with Crippen LogP contribution in [0.3, 0.4) is 0 Å². The maximum atomic E-state index is 13.6. The summed E-state index contributed by atoms with van der Waals surface area (Å²) >= 11 is 6.66. The fourth-order valence-electron chi connectivity index (χ4n) is 2.38. The van der Waals surface area contributed by atoms with E-state index in [1.54, 1.807) is 0 Å². The largest absolute Gasteiger partial charge is 0.416 e. The molecule has 32 heavy (non-hydrogen) atoms. The van der Waals surface area contributed by atoms with Crippen molar-refractivity contribution in [1.29, 1.82) is 0 Å². The van der Waals surface area contributed by atoms with Gasteiger partial charge in [-0.25, -0.2) is 4.39 Å². The zero-order valence-electron chi connectivity index (χ0n) is 15.9. The molecule has 0 unspecified atom stereocenters. The van der Waals surface area contributed by atoms with Crippen LogP contribution in [-0.2, 0) is 17.5 Å². The third-order valence-electron chi connectivity index (χ3n) is 3.86. The van der Waals surface area contributed by atoms with Crippen LogP contribution in [0, 0.1) is 5.82 Å². The molecule has 2 aromatic carbocycles. The third kappa shape index (κ3) is 6.20. The summed E-state index contributed by atoms with van der Waals surface area (Å²) < 4.78 is 57.3. The molecule has 7 nitrogen and oxygen atoms in total. The second-order valence-electron chi connectivity index (χ2n) is 6.15. The Morgan fingerprint density at radius 1 is 1.12 bits per heavy atom. The first-order chi connectivity index (χ1) is 15.1. The summed E-state index contributed by atoms with van der Waals surface area (Å²) in [5, 5.41) is 12.0. The molecule has 1 heterocycles. The van der Waals surface area contributed by atoms with Gasteiger partial charge in [-0.15, -0.1) is 10.2 Å². The fraction of sp³-hybridized carbons (Fsp3) is 0.158. The van der Waals surface area contributed by atoms with Crippen molar-refractivity contribution in [1.82, 2.24) is 15.5 Å². The average molecular weight is 489 g/mol. The van der Waals surface area contributed by atoms with Crippen LogP contribution in [0.15, 0.2) is 52.1 Å². The minimum Gasteiger partial charge on any atom is -0.414 e. The Bertz CT molecular complexity index is 1140. The van der Waals surface area contributed by atoms with Crippen LogP contribution in [0.2, 0.25) is 5.02 Å². The smallest absolute Gasteiger partial charge is 0.414 e. The number of alkyl halides is 3. The van der Waals surface area contributed by atoms with Gasteiger partial charge in [-0.3, -0.25) is 9.59 Å². The zero-order chi connectivity index (χ0) is 23.3. The lowest BCUT2D eigenvalue weighted by atomic mass is 10.2. The third-order valence-corrected chi connectivity index (χ3v) is 5.01. The van der Waals surface area contributed by atoms with Gasteiger partial charge in [-0.2, -0.15) is 13.2 Å². The Morgan fingerprint density at radius 3 is 2.59 bits per heavy atom. The number of anilines is 1. The highest BCUT2D eigenvalue weighted by Gasteiger charge is 2.31. The monoisotopic (exact) mass is 488 g/mol. The normalized spacial score (nSPS) is 11.3. The lowest BCUT2D eigenvalue weighted by Crippen LogP contribution is -2.23. The van der Waals surface area contributed by atoms with E-state index in [0.29, 0.717) is 0 Å². The van der Waals surface area contributed by atoms with Gasteiger partial charge < -0.3 is 15.1 Å². The summed E-state index contributed by atoms with van der Waals surface area (Å²) in [6.07, 6.45) is -4.58. The molecule has 0 radical (unpaired) electrons. The summed E-state index contributed by atoms with van der Waals surface area (Å²) in [5.74, 6) is -2.25. The lowest BCUT2D eigenvalue weighted by Gasteiger charge is -2.11. The molecule has 0 atom stereocenters. The number of amides is 2. The van der Waals surface area contributed by atoms with Gasteiger partial charge in [0.15, 0.2) is 0 Å². The molecule has 0 aliphatic rings. The number of rotatable bonds is 7. The molecule has 0 saturated heterocycles. The minimum absolute atomic E-state index is 0.00886. The Kier molecular flexibility index (Phi) is 7.36. The molecule has 2 amide bonds. The summed E-state index contributed by atoms with van der Waals surface area (Å²) in [4.78, 5) is 24.0. The number of halogens is 5. The second kappa shape index (κ2) is 10.0. The Morgan fingerprint density at radius 2 is 1.88 bits per heavy atom. The first kappa shape index (κ1) is 23.5. The molecule has 2 N–H and O–H groups in total. The van der Waals surface area contributed by atoms with Crippen LogP contribution in [-0.4, -0.2) is 27.8 Å². The number of hydrogen-bond acceptors (Lipinski definition) is 6. The van der Waals surface area contributed by atoms with E-state index >= 15 is 0 Å². The highest BCUT2D eigenvalue weighted by molar-refractivity contribution is 7.99. The SMILES string of the molecule is O=C(CSc1nnc(CNC(=O)c2ccccc2F)o1)Nc1cc(C(F)(F)F)ccc1Cl. The number of nitrogens with zero attached hydrogens (tertiary/aromatic N) is 2. The minimum atomic E-state index is -4.58. The van der Waals surface area contributed by atoms with Crippen molar-refractivity contribution in [3.8, 4) is 0 Å². The van der Waals surface area contributed by atoms with Crippen LogP contribution in [0.25, 0.3) is 0 Å². The summed E-state index contributed by atoms with van der Waals surface area (Å²) in [7, 11) is 0. The van der Waals surface area contributed by atoms with E-state index < -0.39 is 29.4 Å². The van der Waals surface area contributed by atoms with Crippen LogP contribution in [0.5, 0.6) is 0 Å². The van der Waals surface area contributed by atoms with Crippen LogP contribution >= 0.6 is 23.4 Å². The molecule has 0 aliphatic carbocycles. The lowest BCUT2D eigenvalue weighted by molar-refractivity contribution is -0.137. The van der Waals surface area contributed by atoms with E-state index in [1.165, 1.54) is 18.2 Å². The van der Waals surface area contributed by atoms with Gasteiger partial charge in [-0.05, 0) is 30.3 Å². The van der Waals surface area contributed by atoms with Crippen molar-refractivity contribution in [2.24, 2.45) is 0 Å². The van der Waals surface area contributed by atoms with Crippen molar-refractivity contribution in [2.45, 2.75) is 17.9 Å². The fourth-order valence-corrected chi connectivity index (χ4v) is 3.12. The summed E-state index contributed by atoms with van der Waals surface area (Å²) in [5.41, 5.74) is -1.29. The van der Waals surface area contributed by atoms with Crippen LogP contribution < -0.4 is 10.6 Å². The van der Waals surface area contributed by atoms with Gasteiger partial charge in [-0.1, -0.05) is 35.5 Å². The number of nitrogens with one attached hydrogen (secondary N) is 2. The maximum Gasteiger partial charge on any atom is 0.416 e. The first-order valence-electron chi connectivity index (χ1n) is 8.78. The van der Waals surface area contributed by atoms with E-state index in [2.05, 4.69) is 20.8 Å². The van der Waals surface area contributed by atoms with Gasteiger partial charge in [0.05, 0.1) is 34.1 Å². The van der Waals surface area contributed by atoms with Gasteiger partial charge in [0, 0.05) is 0 Å². The maximum absolute atomic E-state index is 13.6. The summed E-state index contributed by atoms with van der Waals surface area (Å²) in [6, 6.07) is 7.99. The Labute approximate surface area is 187 Å². The predicted molar refractivity (Wildman–Crippen MR) is 108 cm³/mol. The molecule has 3 rings (SSSR count). The first-order valence-corrected chi connectivity index (χ1v) is 10.1. The highest BCUT2D eigenvalue weighted by Crippen LogP contribution is 2.34. The Balaban J connectivity index is 1.51. The van der Waals surface area contributed by atoms with Gasteiger partial charge >= 0.3 is 6.18 Å². The number of hydrogen-bond donors (Lipinski definition) is 2. The molecule has 0 aliphatic heterocycles. The number of carbonyl (C=O) groups excluding carboxylic acids is 2. The van der Waals surface area contributed by atoms with Crippen molar-refractivity contribution >= 4 is 40.9 Å². The second-order valence-corrected chi connectivity index (χ2v) is 7.49. The number of benzene rings is 2. The average Bonchev–Trinajstić information content (AvgIpc) is 3.19. The molecule has 1 aromatic heterocycles. The molecule has 0 spiro atoms. The van der Waals surface area contributed by atoms with Crippen LogP contribution in [0.4, 0.5) is 23.2 Å². The standard InChI is InChI=1S/C19H13ClF4N4O3S/c20-12-6-5-10(19(22,23)24)7-14(12)26-15(29)9-32-18-28-27-16(31-18)8-25-17(30)11-3-1-2-4-13(11)21/h1-7H,8-9H2,(H,25,30)(H,26,29). The topological polar surface area (TPSA) is 97.1 Å². The van der Waals surface area contributed by atoms with Crippen LogP contribution in [0.1, 0.15) is 21.8 Å². The van der Waals surface area contributed by atoms with Gasteiger partial charge in [0.25, 0.3) is 11.1 Å². The molecule has 13 heteroatoms. The Hall–Kier alpha value is -3.12. The van der Waals surface area contributed by atoms with E-state index in [9.17, 15) is 27.2 Å². The van der Waals surface area contributed by atoms with E-state index in [-0.39, 0.29) is 39.7 Å². The molecule has 3 aromatic rings. The van der Waals surface area contributed by atoms with E-state index in [1.807, 2.05) is 0 Å². The number of carbonyl (C=O) groups is 2. The molecule has 0 saturated carbocycles. The van der Waals surface area contributed by atoms with Gasteiger partial charge in [0.2, 0.25) is 11.8 Å². The molecular formula is C19H13ClF4N4O3S. The molecular weight excluding hydrogens is 476 g/mol. The molecule has 0 bridgehead atoms. The quantitative estimate of drug-likeness (QED) is 0.374. The highest BCUT2D eigenvalue weighted by atomic mass is 35.5. The number of thioether (sulfide) groups is 1. The molecule has 0 fully saturated rings. The van der Waals surface area contributed by atoms with Crippen molar-refractivity contribution < 1.29 is 31.6 Å². The van der Waals surface area contributed by atoms with E-state index in [4.69, 9.17) is 16.0 Å². The zero-order valence-corrected chi connectivity index (χ0v) is 17.4. The van der Waals surface area contributed by atoms with Crippen molar-refractivity contribution in [3.63, 3.8) is 0 Å². The summed E-state index contributed by atoms with van der Waals surface area (Å²) in [6.45, 7) is -0.174. The predicted octanol–water partition coefficient (Wildman–Crippen LogP) is 4.54. The molecule has 168 valence electrons. The van der Waals surface area contributed by atoms with Gasteiger partial charge in [0.1, 0.15) is 5.82 Å².